The number of nitrogens with zero attached hydrogens (tertiary/aromatic N) is 2. The van der Waals surface area contributed by atoms with Crippen molar-refractivity contribution in [2.45, 2.75) is 140 Å². The second-order valence-electron chi connectivity index (χ2n) is 16.7. The van der Waals surface area contributed by atoms with E-state index in [1.54, 1.807) is 40.8 Å². The number of carbonyl (C=O) groups is 5. The van der Waals surface area contributed by atoms with Crippen molar-refractivity contribution in [3.05, 3.63) is 47.7 Å². The molecule has 0 radical (unpaired) electrons. The second kappa shape index (κ2) is 15.5. The zero-order valence-corrected chi connectivity index (χ0v) is 33.3. The number of benzene rings is 1. The molecule has 3 saturated carbocycles. The van der Waals surface area contributed by atoms with Gasteiger partial charge in [-0.05, 0) is 114 Å². The van der Waals surface area contributed by atoms with Crippen LogP contribution in [-0.4, -0.2) is 89.0 Å². The number of aromatic nitrogens is 1. The molecule has 2 heterocycles. The Labute approximate surface area is 322 Å². The summed E-state index contributed by atoms with van der Waals surface area (Å²) in [7, 11) is -3.89. The molecule has 4 amide bonds. The number of sulfonamides is 1. The number of ether oxygens (including phenoxy) is 2. The molecule has 5 atom stereocenters. The predicted octanol–water partition coefficient (Wildman–Crippen LogP) is 4.56. The van der Waals surface area contributed by atoms with Crippen LogP contribution in [0.5, 0.6) is 5.88 Å². The molecule has 15 heteroatoms. The third kappa shape index (κ3) is 9.65. The lowest BCUT2D eigenvalue weighted by atomic mass is 10.0. The van der Waals surface area contributed by atoms with Gasteiger partial charge < -0.3 is 25.0 Å². The molecule has 0 bridgehead atoms. The van der Waals surface area contributed by atoms with E-state index in [0.717, 1.165) is 29.2 Å². The molecule has 2 aromatic rings. The Morgan fingerprint density at radius 3 is 2.42 bits per heavy atom. The van der Waals surface area contributed by atoms with Gasteiger partial charge in [-0.1, -0.05) is 31.1 Å². The summed E-state index contributed by atoms with van der Waals surface area (Å²) in [5, 5.41) is 6.55. The monoisotopic (exact) mass is 779 g/mol. The number of alkyl carbamates (subject to hydrolysis) is 1. The van der Waals surface area contributed by atoms with E-state index in [4.69, 9.17) is 9.47 Å². The lowest BCUT2D eigenvalue weighted by Gasteiger charge is -2.30. The van der Waals surface area contributed by atoms with Crippen molar-refractivity contribution >= 4 is 50.4 Å². The van der Waals surface area contributed by atoms with Gasteiger partial charge >= 0.3 is 6.09 Å². The second-order valence-corrected chi connectivity index (χ2v) is 18.7. The van der Waals surface area contributed by atoms with Crippen molar-refractivity contribution in [2.24, 2.45) is 5.92 Å². The number of carbonyl (C=O) groups excluding carboxylic acids is 5. The molecule has 1 saturated heterocycles. The molecule has 0 spiro atoms. The molecule has 6 rings (SSSR count). The first-order valence-electron chi connectivity index (χ1n) is 19.3. The Morgan fingerprint density at radius 1 is 1.07 bits per heavy atom. The van der Waals surface area contributed by atoms with Crippen LogP contribution in [0.1, 0.15) is 111 Å². The number of likely N-dealkylation sites (tertiary alicyclic amines) is 1. The Balaban J connectivity index is 1.28. The van der Waals surface area contributed by atoms with Crippen molar-refractivity contribution in [3.63, 3.8) is 0 Å². The number of nitrogens with one attached hydrogen (secondary N) is 3. The van der Waals surface area contributed by atoms with Crippen LogP contribution in [0.3, 0.4) is 0 Å². The number of rotatable bonds is 15. The number of amides is 4. The maximum atomic E-state index is 14.5. The minimum Gasteiger partial charge on any atom is -0.472 e. The molecule has 3 N–H and O–H groups in total. The van der Waals surface area contributed by atoms with Crippen LogP contribution in [-0.2, 0) is 33.9 Å². The molecule has 4 aliphatic rings. The highest BCUT2D eigenvalue weighted by molar-refractivity contribution is 7.91. The van der Waals surface area contributed by atoms with Gasteiger partial charge in [0.05, 0.1) is 11.8 Å². The first-order chi connectivity index (χ1) is 25.9. The first-order valence-corrected chi connectivity index (χ1v) is 20.8. The van der Waals surface area contributed by atoms with E-state index in [9.17, 15) is 32.4 Å². The molecule has 3 aliphatic carbocycles. The molecular weight excluding hydrogens is 727 g/mol. The van der Waals surface area contributed by atoms with Crippen molar-refractivity contribution in [1.29, 1.82) is 0 Å². The first kappa shape index (κ1) is 40.1. The fourth-order valence-corrected chi connectivity index (χ4v) is 8.71. The Kier molecular flexibility index (Phi) is 11.3. The average Bonchev–Trinajstić information content (AvgIpc) is 3.98. The summed E-state index contributed by atoms with van der Waals surface area (Å²) in [6.45, 7) is 10.4. The predicted molar refractivity (Wildman–Crippen MR) is 204 cm³/mol. The molecule has 298 valence electrons. The van der Waals surface area contributed by atoms with Gasteiger partial charge in [0.15, 0.2) is 5.78 Å². The lowest BCUT2D eigenvalue weighted by Crippen LogP contribution is -2.58. The van der Waals surface area contributed by atoms with Gasteiger partial charge in [0.1, 0.15) is 29.3 Å². The zero-order valence-electron chi connectivity index (χ0n) is 32.5. The summed E-state index contributed by atoms with van der Waals surface area (Å²) >= 11 is 0. The molecule has 1 aromatic carbocycles. The van der Waals surface area contributed by atoms with Gasteiger partial charge in [0.2, 0.25) is 27.7 Å². The molecule has 4 fully saturated rings. The van der Waals surface area contributed by atoms with E-state index < -0.39 is 68.4 Å². The third-order valence-corrected chi connectivity index (χ3v) is 12.4. The summed E-state index contributed by atoms with van der Waals surface area (Å²) in [6.07, 6.45) is 5.37. The van der Waals surface area contributed by atoms with E-state index in [1.807, 2.05) is 19.1 Å². The number of fused-ring (bicyclic) bond motifs is 1. The van der Waals surface area contributed by atoms with Gasteiger partial charge in [0, 0.05) is 24.4 Å². The van der Waals surface area contributed by atoms with Crippen LogP contribution in [0.4, 0.5) is 4.79 Å². The van der Waals surface area contributed by atoms with E-state index in [2.05, 4.69) is 32.5 Å². The van der Waals surface area contributed by atoms with Crippen molar-refractivity contribution in [3.8, 4) is 5.88 Å². The molecule has 14 nitrogen and oxygen atoms in total. The Hall–Kier alpha value is -4.53. The molecule has 55 heavy (non-hydrogen) atoms. The van der Waals surface area contributed by atoms with E-state index >= 15 is 0 Å². The van der Waals surface area contributed by atoms with Crippen LogP contribution < -0.4 is 20.1 Å². The fourth-order valence-electron chi connectivity index (χ4n) is 7.35. The van der Waals surface area contributed by atoms with Crippen LogP contribution in [0.15, 0.2) is 42.1 Å². The van der Waals surface area contributed by atoms with E-state index in [1.165, 1.54) is 16.5 Å². The quantitative estimate of drug-likeness (QED) is 0.216. The van der Waals surface area contributed by atoms with Gasteiger partial charge in [-0.15, -0.1) is 0 Å². The fraction of sp³-hybridized carbons (Fsp3) is 0.600. The normalized spacial score (nSPS) is 24.0. The SMILES string of the molecule is CCC1CC1(NC(=O)C1CC(Oc2nccc3cc(C4CC4)ccc23)CN1C(=O)C(CCC(=O)C=C(C)C)NC(=O)OC(C)(C)C)C(=O)NS(=O)(=O)C1CC1. The highest BCUT2D eigenvalue weighted by atomic mass is 32.2. The average molecular weight is 780 g/mol. The minimum atomic E-state index is -3.89. The van der Waals surface area contributed by atoms with E-state index in [-0.39, 0.29) is 43.9 Å². The van der Waals surface area contributed by atoms with Gasteiger partial charge in [-0.25, -0.2) is 18.2 Å². The van der Waals surface area contributed by atoms with Crippen LogP contribution in [0.25, 0.3) is 10.8 Å². The number of allylic oxidation sites excluding steroid dienone is 2. The van der Waals surface area contributed by atoms with Crippen molar-refractivity contribution in [2.75, 3.05) is 6.54 Å². The number of hydrogen-bond donors (Lipinski definition) is 3. The topological polar surface area (TPSA) is 190 Å². The maximum absolute atomic E-state index is 14.5. The summed E-state index contributed by atoms with van der Waals surface area (Å²) in [6, 6.07) is 5.64. The molecule has 5 unspecified atom stereocenters. The van der Waals surface area contributed by atoms with Crippen molar-refractivity contribution in [1.82, 2.24) is 25.2 Å². The van der Waals surface area contributed by atoms with Gasteiger partial charge in [-0.2, -0.15) is 0 Å². The van der Waals surface area contributed by atoms with Crippen LogP contribution >= 0.6 is 0 Å². The number of hydrogen-bond acceptors (Lipinski definition) is 10. The summed E-state index contributed by atoms with van der Waals surface area (Å²) in [5.41, 5.74) is -0.317. The Morgan fingerprint density at radius 2 is 1.80 bits per heavy atom. The van der Waals surface area contributed by atoms with E-state index in [0.29, 0.717) is 31.1 Å². The number of pyridine rings is 1. The molecule has 1 aliphatic heterocycles. The smallest absolute Gasteiger partial charge is 0.408 e. The van der Waals surface area contributed by atoms with Gasteiger partial charge in [-0.3, -0.25) is 23.9 Å². The zero-order chi connectivity index (χ0) is 39.9. The van der Waals surface area contributed by atoms with Crippen LogP contribution in [0.2, 0.25) is 0 Å². The highest BCUT2D eigenvalue weighted by Gasteiger charge is 2.62. The highest BCUT2D eigenvalue weighted by Crippen LogP contribution is 2.47. The summed E-state index contributed by atoms with van der Waals surface area (Å²) in [5.74, 6) is -1.76. The summed E-state index contributed by atoms with van der Waals surface area (Å²) in [4.78, 5) is 74.0. The lowest BCUT2D eigenvalue weighted by molar-refractivity contribution is -0.141. The largest absolute Gasteiger partial charge is 0.472 e. The van der Waals surface area contributed by atoms with Gasteiger partial charge in [0.25, 0.3) is 5.91 Å². The van der Waals surface area contributed by atoms with Crippen molar-refractivity contribution < 1.29 is 41.9 Å². The molecular formula is C40H53N5O9S. The maximum Gasteiger partial charge on any atom is 0.408 e. The standard InChI is InChI=1S/C40H53N5O9S/c1-7-27-21-40(27,37(49)44-55(51,52)30-12-13-30)43-34(47)33-20-29(53-35-31-14-10-25(24-8-9-24)19-26(31)16-17-41-35)22-45(33)36(48)32(15-11-28(46)18-23(2)3)42-38(50)54-39(4,5)6/h10,14,16-19,24,27,29-30,32-33H,7-9,11-13,15,20-22H2,1-6H3,(H,42,50)(H,43,47)(H,44,49). The minimum absolute atomic E-state index is 0.0144. The number of ketones is 1. The third-order valence-electron chi connectivity index (χ3n) is 10.6. The molecule has 1 aromatic heterocycles. The van der Waals surface area contributed by atoms with Crippen LogP contribution in [0, 0.1) is 5.92 Å². The summed E-state index contributed by atoms with van der Waals surface area (Å²) < 4.78 is 39.6. The Bertz CT molecular complexity index is 2000.